The zero-order valence-electron chi connectivity index (χ0n) is 27.6. The molecule has 0 radical (unpaired) electrons. The predicted molar refractivity (Wildman–Crippen MR) is 179 cm³/mol. The Labute approximate surface area is 284 Å². The van der Waals surface area contributed by atoms with Crippen molar-refractivity contribution in [3.63, 3.8) is 0 Å². The van der Waals surface area contributed by atoms with Gasteiger partial charge < -0.3 is 19.1 Å². The first-order chi connectivity index (χ1) is 23.3. The molecule has 0 unspecified atom stereocenters. The summed E-state index contributed by atoms with van der Waals surface area (Å²) >= 11 is 0. The quantitative estimate of drug-likeness (QED) is 0.162. The van der Waals surface area contributed by atoms with Crippen LogP contribution in [0.1, 0.15) is 47.4 Å². The van der Waals surface area contributed by atoms with E-state index in [2.05, 4.69) is 21.5 Å². The molecule has 5 rings (SSSR count). The van der Waals surface area contributed by atoms with Gasteiger partial charge in [0.2, 0.25) is 5.88 Å². The first kappa shape index (κ1) is 35.6. The third-order valence-electron chi connectivity index (χ3n) is 8.66. The lowest BCUT2D eigenvalue weighted by Gasteiger charge is -2.40. The number of benzene rings is 2. The third-order valence-corrected chi connectivity index (χ3v) is 10.4. The summed E-state index contributed by atoms with van der Waals surface area (Å²) in [7, 11) is 2.55. The summed E-state index contributed by atoms with van der Waals surface area (Å²) in [4.78, 5) is 14.5. The SMILES string of the molecule is C=Cc1cc(S(=O)(=O)N(Cc2ccc(OC)cc2OC)c2ccncn2)cnc1O[C@H]1CC[C@H](c2cccc(C(F)(F)F)c2)C[C@@H]1N(C)C. The zero-order chi connectivity index (χ0) is 35.3. The summed E-state index contributed by atoms with van der Waals surface area (Å²) in [6.07, 6.45) is 2.36. The first-order valence-electron chi connectivity index (χ1n) is 15.5. The van der Waals surface area contributed by atoms with Crippen molar-refractivity contribution < 1.29 is 35.8 Å². The minimum Gasteiger partial charge on any atom is -0.497 e. The van der Waals surface area contributed by atoms with Gasteiger partial charge in [0.05, 0.1) is 32.5 Å². The van der Waals surface area contributed by atoms with Crippen molar-refractivity contribution in [3.05, 3.63) is 102 Å². The average molecular weight is 698 g/mol. The number of pyridine rings is 1. The van der Waals surface area contributed by atoms with Gasteiger partial charge in [-0.2, -0.15) is 13.2 Å². The number of ether oxygens (including phenoxy) is 3. The second kappa shape index (κ2) is 14.8. The maximum absolute atomic E-state index is 14.2. The number of hydrogen-bond donors (Lipinski definition) is 0. The molecule has 14 heteroatoms. The summed E-state index contributed by atoms with van der Waals surface area (Å²) in [6.45, 7) is 3.75. The van der Waals surface area contributed by atoms with Crippen LogP contribution in [-0.4, -0.2) is 68.7 Å². The lowest BCUT2D eigenvalue weighted by molar-refractivity contribution is -0.137. The molecule has 1 aliphatic carbocycles. The summed E-state index contributed by atoms with van der Waals surface area (Å²) in [6, 6.07) is 13.4. The summed E-state index contributed by atoms with van der Waals surface area (Å²) in [5.41, 5.74) is 0.905. The van der Waals surface area contributed by atoms with E-state index < -0.39 is 21.8 Å². The Morgan fingerprint density at radius 2 is 1.82 bits per heavy atom. The van der Waals surface area contributed by atoms with Crippen LogP contribution in [0.5, 0.6) is 17.4 Å². The molecule has 4 aromatic rings. The van der Waals surface area contributed by atoms with Gasteiger partial charge in [0, 0.05) is 35.5 Å². The first-order valence-corrected chi connectivity index (χ1v) is 16.9. The van der Waals surface area contributed by atoms with E-state index in [4.69, 9.17) is 14.2 Å². The third kappa shape index (κ3) is 7.97. The molecular weight excluding hydrogens is 659 g/mol. The van der Waals surface area contributed by atoms with E-state index in [-0.39, 0.29) is 41.2 Å². The Kier molecular flexibility index (Phi) is 10.8. The number of hydrogen-bond acceptors (Lipinski definition) is 9. The minimum atomic E-state index is -4.42. The van der Waals surface area contributed by atoms with E-state index in [9.17, 15) is 21.6 Å². The maximum atomic E-state index is 14.2. The average Bonchev–Trinajstić information content (AvgIpc) is 3.10. The largest absolute Gasteiger partial charge is 0.497 e. The maximum Gasteiger partial charge on any atom is 0.416 e. The van der Waals surface area contributed by atoms with Crippen molar-refractivity contribution in [2.75, 3.05) is 32.6 Å². The van der Waals surface area contributed by atoms with E-state index in [1.807, 2.05) is 19.0 Å². The molecule has 0 saturated heterocycles. The molecule has 2 aromatic carbocycles. The second-order valence-corrected chi connectivity index (χ2v) is 13.7. The topological polar surface area (TPSA) is 107 Å². The van der Waals surface area contributed by atoms with Gasteiger partial charge in [-0.3, -0.25) is 0 Å². The molecule has 2 aromatic heterocycles. The molecule has 10 nitrogen and oxygen atoms in total. The molecular formula is C35H38F3N5O5S. The highest BCUT2D eigenvalue weighted by Gasteiger charge is 2.37. The van der Waals surface area contributed by atoms with Crippen molar-refractivity contribution in [1.29, 1.82) is 0 Å². The standard InChI is InChI=1S/C35H38F3N5O5S/c1-6-23-17-29(49(44,45)43(33-14-15-39-22-41-33)21-26-10-12-28(46-4)19-32(26)47-5)20-40-34(23)48-31-13-11-25(18-30(31)42(2)3)24-8-7-9-27(16-24)35(36,37)38/h6-10,12,14-17,19-20,22,25,30-31H,1,11,13,18,21H2,2-5H3/t25-,30-,31-/m0/s1. The molecule has 1 saturated carbocycles. The number of alkyl halides is 3. The number of methoxy groups -OCH3 is 2. The predicted octanol–water partition coefficient (Wildman–Crippen LogP) is 6.59. The van der Waals surface area contributed by atoms with E-state index in [0.717, 1.165) is 10.4 Å². The molecule has 0 bridgehead atoms. The number of rotatable bonds is 12. The number of likely N-dealkylation sites (N-methyl/N-ethyl adjacent to an activating group) is 1. The minimum absolute atomic E-state index is 0.0917. The highest BCUT2D eigenvalue weighted by molar-refractivity contribution is 7.92. The Balaban J connectivity index is 1.41. The number of halogens is 3. The lowest BCUT2D eigenvalue weighted by atomic mass is 9.79. The molecule has 3 atom stereocenters. The van der Waals surface area contributed by atoms with Gasteiger partial charge in [0.1, 0.15) is 34.6 Å². The molecule has 0 N–H and O–H groups in total. The molecule has 2 heterocycles. The Morgan fingerprint density at radius 1 is 1.02 bits per heavy atom. The van der Waals surface area contributed by atoms with Crippen LogP contribution in [0.4, 0.5) is 19.0 Å². The molecule has 260 valence electrons. The van der Waals surface area contributed by atoms with Gasteiger partial charge in [-0.25, -0.2) is 27.7 Å². The van der Waals surface area contributed by atoms with Crippen LogP contribution in [0.25, 0.3) is 6.08 Å². The Hall–Kier alpha value is -4.69. The van der Waals surface area contributed by atoms with Gasteiger partial charge in [0.15, 0.2) is 0 Å². The lowest BCUT2D eigenvalue weighted by Crippen LogP contribution is -2.46. The van der Waals surface area contributed by atoms with Gasteiger partial charge in [0.25, 0.3) is 10.0 Å². The summed E-state index contributed by atoms with van der Waals surface area (Å²) < 4.78 is 87.0. The summed E-state index contributed by atoms with van der Waals surface area (Å²) in [5.74, 6) is 1.23. The number of aromatic nitrogens is 3. The number of anilines is 1. The van der Waals surface area contributed by atoms with Crippen LogP contribution in [0.3, 0.4) is 0 Å². The summed E-state index contributed by atoms with van der Waals surface area (Å²) in [5, 5.41) is 0. The molecule has 0 spiro atoms. The van der Waals surface area contributed by atoms with Crippen molar-refractivity contribution in [2.45, 2.75) is 54.9 Å². The van der Waals surface area contributed by atoms with E-state index in [0.29, 0.717) is 47.5 Å². The molecule has 1 aliphatic rings. The number of nitrogens with zero attached hydrogens (tertiary/aromatic N) is 5. The van der Waals surface area contributed by atoms with Crippen LogP contribution in [0.2, 0.25) is 0 Å². The van der Waals surface area contributed by atoms with Crippen molar-refractivity contribution in [1.82, 2.24) is 19.9 Å². The Morgan fingerprint density at radius 3 is 2.47 bits per heavy atom. The van der Waals surface area contributed by atoms with Gasteiger partial charge in [-0.15, -0.1) is 0 Å². The highest BCUT2D eigenvalue weighted by Crippen LogP contribution is 2.39. The van der Waals surface area contributed by atoms with E-state index in [1.165, 1.54) is 63.3 Å². The molecule has 0 aliphatic heterocycles. The normalized spacial score (nSPS) is 18.2. The van der Waals surface area contributed by atoms with Crippen LogP contribution < -0.4 is 18.5 Å². The van der Waals surface area contributed by atoms with Crippen LogP contribution in [0, 0.1) is 0 Å². The van der Waals surface area contributed by atoms with Crippen molar-refractivity contribution in [2.24, 2.45) is 0 Å². The zero-order valence-corrected chi connectivity index (χ0v) is 28.4. The van der Waals surface area contributed by atoms with Gasteiger partial charge in [-0.1, -0.05) is 30.9 Å². The van der Waals surface area contributed by atoms with Crippen LogP contribution in [-0.2, 0) is 22.7 Å². The smallest absolute Gasteiger partial charge is 0.416 e. The van der Waals surface area contributed by atoms with Gasteiger partial charge in [-0.05, 0) is 69.1 Å². The van der Waals surface area contributed by atoms with Crippen molar-refractivity contribution >= 4 is 21.9 Å². The van der Waals surface area contributed by atoms with Crippen LogP contribution in [0.15, 0.2) is 84.8 Å². The fourth-order valence-corrected chi connectivity index (χ4v) is 7.41. The second-order valence-electron chi connectivity index (χ2n) is 11.8. The fourth-order valence-electron chi connectivity index (χ4n) is 6.03. The van der Waals surface area contributed by atoms with Crippen LogP contribution >= 0.6 is 0 Å². The van der Waals surface area contributed by atoms with E-state index >= 15 is 0 Å². The monoisotopic (exact) mass is 697 g/mol. The molecule has 49 heavy (non-hydrogen) atoms. The molecule has 1 fully saturated rings. The number of sulfonamides is 1. The Bertz CT molecular complexity index is 1880. The highest BCUT2D eigenvalue weighted by atomic mass is 32.2. The van der Waals surface area contributed by atoms with E-state index in [1.54, 1.807) is 24.3 Å². The fraction of sp³-hybridized carbons (Fsp3) is 0.343. The molecule has 0 amide bonds. The van der Waals surface area contributed by atoms with Crippen molar-refractivity contribution in [3.8, 4) is 17.4 Å². The van der Waals surface area contributed by atoms with Gasteiger partial charge >= 0.3 is 6.18 Å².